The van der Waals surface area contributed by atoms with Crippen LogP contribution in [0.3, 0.4) is 0 Å². The molecule has 112 valence electrons. The lowest BCUT2D eigenvalue weighted by molar-refractivity contribution is 0.0470. The van der Waals surface area contributed by atoms with E-state index in [4.69, 9.17) is 9.72 Å². The number of rotatable bonds is 2. The van der Waals surface area contributed by atoms with Crippen molar-refractivity contribution < 1.29 is 4.74 Å². The third-order valence-electron chi connectivity index (χ3n) is 4.24. The van der Waals surface area contributed by atoms with Gasteiger partial charge in [-0.3, -0.25) is 0 Å². The molecule has 21 heavy (non-hydrogen) atoms. The van der Waals surface area contributed by atoms with Gasteiger partial charge in [-0.15, -0.1) is 11.3 Å². The molecule has 0 spiro atoms. The van der Waals surface area contributed by atoms with Gasteiger partial charge in [0.05, 0.1) is 5.69 Å². The topological polar surface area (TPSA) is 34.2 Å². The highest BCUT2D eigenvalue weighted by Gasteiger charge is 2.47. The third-order valence-corrected chi connectivity index (χ3v) is 5.48. The summed E-state index contributed by atoms with van der Waals surface area (Å²) in [6.07, 6.45) is 0.861. The van der Waals surface area contributed by atoms with Crippen LogP contribution in [0.2, 0.25) is 0 Å². The number of hydrogen-bond acceptors (Lipinski definition) is 4. The van der Waals surface area contributed by atoms with E-state index in [1.54, 1.807) is 11.3 Å². The Bertz CT molecular complexity index is 658. The van der Waals surface area contributed by atoms with Crippen molar-refractivity contribution in [3.05, 3.63) is 45.4 Å². The van der Waals surface area contributed by atoms with Crippen LogP contribution < -0.4 is 10.1 Å². The summed E-state index contributed by atoms with van der Waals surface area (Å²) in [5.74, 6) is 0.952. The Morgan fingerprint density at radius 1 is 1.24 bits per heavy atom. The lowest BCUT2D eigenvalue weighted by atomic mass is 9.78. The maximum Gasteiger partial charge on any atom is 0.125 e. The number of ether oxygens (including phenoxy) is 1. The number of aryl methyl sites for hydroxylation is 2. The predicted molar refractivity (Wildman–Crippen MR) is 87.2 cm³/mol. The van der Waals surface area contributed by atoms with Gasteiger partial charge in [-0.05, 0) is 40.8 Å². The first-order valence-corrected chi connectivity index (χ1v) is 8.11. The number of nitrogens with one attached hydrogen (secondary N) is 1. The lowest BCUT2D eigenvalue weighted by Gasteiger charge is -2.45. The minimum absolute atomic E-state index is 0.231. The molecule has 4 heteroatoms. The Morgan fingerprint density at radius 3 is 2.57 bits per heavy atom. The molecule has 1 unspecified atom stereocenters. The van der Waals surface area contributed by atoms with Crippen molar-refractivity contribution in [2.45, 2.75) is 45.3 Å². The monoisotopic (exact) mass is 302 g/mol. The van der Waals surface area contributed by atoms with Crippen LogP contribution in [0, 0.1) is 13.8 Å². The molecule has 2 aromatic rings. The number of hydrogen-bond donors (Lipinski definition) is 1. The van der Waals surface area contributed by atoms with Crippen LogP contribution >= 0.6 is 11.3 Å². The van der Waals surface area contributed by atoms with Crippen molar-refractivity contribution in [2.24, 2.45) is 0 Å². The molecule has 1 aliphatic rings. The largest absolute Gasteiger partial charge is 0.487 e. The van der Waals surface area contributed by atoms with Crippen LogP contribution in [-0.4, -0.2) is 17.6 Å². The molecule has 0 bridgehead atoms. The summed E-state index contributed by atoms with van der Waals surface area (Å²) in [7, 11) is 2.02. The quantitative estimate of drug-likeness (QED) is 0.916. The Kier molecular flexibility index (Phi) is 3.34. The van der Waals surface area contributed by atoms with E-state index in [2.05, 4.69) is 51.2 Å². The number of benzene rings is 1. The zero-order valence-electron chi connectivity index (χ0n) is 13.3. The zero-order chi connectivity index (χ0) is 15.3. The SMILES string of the molecule is CNC1(c2nc(C)c(C)s2)CC(C)(C)Oc2ccccc21. The van der Waals surface area contributed by atoms with E-state index < -0.39 is 0 Å². The van der Waals surface area contributed by atoms with Crippen molar-refractivity contribution in [3.8, 4) is 5.75 Å². The van der Waals surface area contributed by atoms with Crippen LogP contribution in [-0.2, 0) is 5.54 Å². The standard InChI is InChI=1S/C17H22N2OS/c1-11-12(2)21-15(19-11)17(18-5)10-16(3,4)20-14-9-7-6-8-13(14)17/h6-9,18H,10H2,1-5H3. The van der Waals surface area contributed by atoms with E-state index >= 15 is 0 Å². The van der Waals surface area contributed by atoms with Gasteiger partial charge in [0.15, 0.2) is 0 Å². The van der Waals surface area contributed by atoms with Gasteiger partial charge in [-0.25, -0.2) is 4.98 Å². The van der Waals surface area contributed by atoms with E-state index in [1.807, 2.05) is 13.1 Å². The molecule has 0 aliphatic carbocycles. The number of fused-ring (bicyclic) bond motifs is 1. The van der Waals surface area contributed by atoms with Crippen molar-refractivity contribution in [2.75, 3.05) is 7.05 Å². The van der Waals surface area contributed by atoms with Crippen molar-refractivity contribution in [3.63, 3.8) is 0 Å². The van der Waals surface area contributed by atoms with Gasteiger partial charge in [0.1, 0.15) is 21.9 Å². The second-order valence-electron chi connectivity index (χ2n) is 6.35. The second kappa shape index (κ2) is 4.82. The highest BCUT2D eigenvalue weighted by atomic mass is 32.1. The van der Waals surface area contributed by atoms with Gasteiger partial charge in [0.2, 0.25) is 0 Å². The zero-order valence-corrected chi connectivity index (χ0v) is 14.1. The molecule has 3 rings (SSSR count). The molecule has 1 aromatic heterocycles. The number of nitrogens with zero attached hydrogens (tertiary/aromatic N) is 1. The van der Waals surface area contributed by atoms with Crippen LogP contribution in [0.25, 0.3) is 0 Å². The molecule has 0 saturated carbocycles. The second-order valence-corrected chi connectivity index (χ2v) is 7.55. The average molecular weight is 302 g/mol. The van der Waals surface area contributed by atoms with Gasteiger partial charge >= 0.3 is 0 Å². The smallest absolute Gasteiger partial charge is 0.125 e. The van der Waals surface area contributed by atoms with Gasteiger partial charge in [0.25, 0.3) is 0 Å². The third kappa shape index (κ3) is 2.27. The molecular weight excluding hydrogens is 280 g/mol. The molecule has 1 N–H and O–H groups in total. The average Bonchev–Trinajstić information content (AvgIpc) is 2.77. The van der Waals surface area contributed by atoms with Crippen LogP contribution in [0.5, 0.6) is 5.75 Å². The molecule has 3 nitrogen and oxygen atoms in total. The first kappa shape index (κ1) is 14.5. The maximum atomic E-state index is 6.17. The molecule has 1 aliphatic heterocycles. The fraction of sp³-hybridized carbons (Fsp3) is 0.471. The fourth-order valence-electron chi connectivity index (χ4n) is 3.15. The summed E-state index contributed by atoms with van der Waals surface area (Å²) in [5.41, 5.74) is 1.79. The minimum Gasteiger partial charge on any atom is -0.487 e. The summed E-state index contributed by atoms with van der Waals surface area (Å²) < 4.78 is 6.17. The summed E-state index contributed by atoms with van der Waals surface area (Å²) in [5, 5.41) is 4.68. The van der Waals surface area contributed by atoms with E-state index in [-0.39, 0.29) is 11.1 Å². The first-order valence-electron chi connectivity index (χ1n) is 7.30. The Hall–Kier alpha value is -1.39. The van der Waals surface area contributed by atoms with Gasteiger partial charge < -0.3 is 10.1 Å². The van der Waals surface area contributed by atoms with E-state index in [0.717, 1.165) is 22.9 Å². The molecular formula is C17H22N2OS. The highest BCUT2D eigenvalue weighted by molar-refractivity contribution is 7.11. The summed E-state index contributed by atoms with van der Waals surface area (Å²) in [6.45, 7) is 8.50. The van der Waals surface area contributed by atoms with Gasteiger partial charge in [-0.1, -0.05) is 18.2 Å². The Balaban J connectivity index is 2.25. The normalized spacial score (nSPS) is 23.5. The van der Waals surface area contributed by atoms with Crippen LogP contribution in [0.15, 0.2) is 24.3 Å². The number of aromatic nitrogens is 1. The first-order chi connectivity index (χ1) is 9.88. The van der Waals surface area contributed by atoms with Gasteiger partial charge in [0, 0.05) is 16.9 Å². The molecule has 0 fully saturated rings. The van der Waals surface area contributed by atoms with Crippen LogP contribution in [0.1, 0.15) is 41.4 Å². The summed E-state index contributed by atoms with van der Waals surface area (Å²) in [4.78, 5) is 6.12. The lowest BCUT2D eigenvalue weighted by Crippen LogP contribution is -2.51. The summed E-state index contributed by atoms with van der Waals surface area (Å²) >= 11 is 1.78. The number of para-hydroxylation sites is 1. The molecule has 2 heterocycles. The fourth-order valence-corrected chi connectivity index (χ4v) is 4.28. The Morgan fingerprint density at radius 2 is 1.95 bits per heavy atom. The molecule has 0 saturated heterocycles. The van der Waals surface area contributed by atoms with Gasteiger partial charge in [-0.2, -0.15) is 0 Å². The van der Waals surface area contributed by atoms with E-state index in [9.17, 15) is 0 Å². The van der Waals surface area contributed by atoms with Crippen LogP contribution in [0.4, 0.5) is 0 Å². The minimum atomic E-state index is -0.276. The van der Waals surface area contributed by atoms with Crippen molar-refractivity contribution >= 4 is 11.3 Å². The summed E-state index contributed by atoms with van der Waals surface area (Å²) in [6, 6.07) is 8.29. The van der Waals surface area contributed by atoms with Crippen molar-refractivity contribution in [1.82, 2.24) is 10.3 Å². The molecule has 1 atom stereocenters. The molecule has 0 radical (unpaired) electrons. The predicted octanol–water partition coefficient (Wildman–Crippen LogP) is 3.78. The van der Waals surface area contributed by atoms with Crippen molar-refractivity contribution in [1.29, 1.82) is 0 Å². The maximum absolute atomic E-state index is 6.17. The van der Waals surface area contributed by atoms with E-state index in [0.29, 0.717) is 0 Å². The molecule has 0 amide bonds. The number of thiazole rings is 1. The van der Waals surface area contributed by atoms with E-state index in [1.165, 1.54) is 10.4 Å². The molecule has 1 aromatic carbocycles. The Labute approximate surface area is 130 Å². The highest BCUT2D eigenvalue weighted by Crippen LogP contribution is 2.48.